The second kappa shape index (κ2) is 4.92. The van der Waals surface area contributed by atoms with Crippen molar-refractivity contribution in [3.8, 4) is 0 Å². The zero-order valence-electron chi connectivity index (χ0n) is 10.8. The minimum absolute atomic E-state index is 0.0407. The molecule has 0 fully saturated rings. The molecule has 1 unspecified atom stereocenters. The first-order valence-corrected chi connectivity index (χ1v) is 6.29. The molecule has 20 heavy (non-hydrogen) atoms. The van der Waals surface area contributed by atoms with Crippen LogP contribution in [0.2, 0.25) is 0 Å². The number of rotatable bonds is 3. The molecular weight excluding hydrogens is 260 g/mol. The molecule has 0 aliphatic heterocycles. The standard InChI is InChI=1S/C15H13F2N3/c1-9(10-2-4-11(16)5-3-10)18-15-19-13-7-6-12(17)8-14(13)20-15/h2-9H,1H3,(H2,18,19,20). The summed E-state index contributed by atoms with van der Waals surface area (Å²) in [6, 6.07) is 10.6. The lowest BCUT2D eigenvalue weighted by atomic mass is 10.1. The van der Waals surface area contributed by atoms with Gasteiger partial charge in [0.2, 0.25) is 5.95 Å². The molecule has 1 atom stereocenters. The summed E-state index contributed by atoms with van der Waals surface area (Å²) in [6.07, 6.45) is 0. The molecule has 1 aromatic heterocycles. The van der Waals surface area contributed by atoms with Gasteiger partial charge in [0.1, 0.15) is 11.6 Å². The van der Waals surface area contributed by atoms with E-state index >= 15 is 0 Å². The lowest BCUT2D eigenvalue weighted by Gasteiger charge is -2.13. The highest BCUT2D eigenvalue weighted by Crippen LogP contribution is 2.20. The van der Waals surface area contributed by atoms with Crippen LogP contribution in [0.15, 0.2) is 42.5 Å². The van der Waals surface area contributed by atoms with Crippen LogP contribution in [0.3, 0.4) is 0 Å². The molecule has 0 aliphatic rings. The van der Waals surface area contributed by atoms with Crippen LogP contribution in [-0.2, 0) is 0 Å². The molecule has 102 valence electrons. The summed E-state index contributed by atoms with van der Waals surface area (Å²) in [5, 5.41) is 3.17. The van der Waals surface area contributed by atoms with E-state index in [2.05, 4.69) is 15.3 Å². The topological polar surface area (TPSA) is 40.7 Å². The summed E-state index contributed by atoms with van der Waals surface area (Å²) < 4.78 is 26.0. The van der Waals surface area contributed by atoms with Gasteiger partial charge in [-0.15, -0.1) is 0 Å². The van der Waals surface area contributed by atoms with Gasteiger partial charge < -0.3 is 10.3 Å². The van der Waals surface area contributed by atoms with Gasteiger partial charge in [-0.25, -0.2) is 13.8 Å². The van der Waals surface area contributed by atoms with Gasteiger partial charge in [0, 0.05) is 0 Å². The van der Waals surface area contributed by atoms with Crippen molar-refractivity contribution in [2.75, 3.05) is 5.32 Å². The van der Waals surface area contributed by atoms with E-state index in [0.717, 1.165) is 5.56 Å². The van der Waals surface area contributed by atoms with Gasteiger partial charge in [0.15, 0.2) is 0 Å². The Kier molecular flexibility index (Phi) is 3.10. The SMILES string of the molecule is CC(Nc1nc2ccc(F)cc2[nH]1)c1ccc(F)cc1. The maximum Gasteiger partial charge on any atom is 0.201 e. The van der Waals surface area contributed by atoms with Crippen LogP contribution < -0.4 is 5.32 Å². The average Bonchev–Trinajstić information content (AvgIpc) is 2.80. The molecule has 5 heteroatoms. The minimum Gasteiger partial charge on any atom is -0.349 e. The Bertz CT molecular complexity index is 734. The molecule has 0 spiro atoms. The van der Waals surface area contributed by atoms with Gasteiger partial charge in [-0.3, -0.25) is 0 Å². The fourth-order valence-corrected chi connectivity index (χ4v) is 2.09. The van der Waals surface area contributed by atoms with Gasteiger partial charge in [0.25, 0.3) is 0 Å². The maximum atomic E-state index is 13.1. The molecule has 0 radical (unpaired) electrons. The van der Waals surface area contributed by atoms with Crippen molar-refractivity contribution < 1.29 is 8.78 Å². The van der Waals surface area contributed by atoms with E-state index in [1.165, 1.54) is 24.3 Å². The fourth-order valence-electron chi connectivity index (χ4n) is 2.09. The van der Waals surface area contributed by atoms with Gasteiger partial charge >= 0.3 is 0 Å². The van der Waals surface area contributed by atoms with E-state index in [-0.39, 0.29) is 17.7 Å². The second-order valence-corrected chi connectivity index (χ2v) is 4.66. The number of halogens is 2. The maximum absolute atomic E-state index is 13.1. The molecule has 0 saturated carbocycles. The fraction of sp³-hybridized carbons (Fsp3) is 0.133. The van der Waals surface area contributed by atoms with Crippen molar-refractivity contribution in [3.63, 3.8) is 0 Å². The van der Waals surface area contributed by atoms with Crippen molar-refractivity contribution in [2.45, 2.75) is 13.0 Å². The quantitative estimate of drug-likeness (QED) is 0.756. The lowest BCUT2D eigenvalue weighted by Crippen LogP contribution is -2.07. The lowest BCUT2D eigenvalue weighted by molar-refractivity contribution is 0.626. The monoisotopic (exact) mass is 273 g/mol. The number of aromatic nitrogens is 2. The first kappa shape index (κ1) is 12.6. The van der Waals surface area contributed by atoms with Gasteiger partial charge in [-0.2, -0.15) is 0 Å². The van der Waals surface area contributed by atoms with E-state index in [0.29, 0.717) is 17.0 Å². The van der Waals surface area contributed by atoms with Crippen molar-refractivity contribution in [3.05, 3.63) is 59.7 Å². The largest absolute Gasteiger partial charge is 0.349 e. The first-order chi connectivity index (χ1) is 9.61. The Morgan fingerprint density at radius 1 is 1.05 bits per heavy atom. The molecule has 3 aromatic rings. The molecule has 0 saturated heterocycles. The molecule has 0 bridgehead atoms. The Labute approximate surface area is 114 Å². The summed E-state index contributed by atoms with van der Waals surface area (Å²) >= 11 is 0. The van der Waals surface area contributed by atoms with Crippen LogP contribution >= 0.6 is 0 Å². The number of H-pyrrole nitrogens is 1. The predicted octanol–water partition coefficient (Wildman–Crippen LogP) is 4.01. The highest BCUT2D eigenvalue weighted by atomic mass is 19.1. The summed E-state index contributed by atoms with van der Waals surface area (Å²) in [4.78, 5) is 7.34. The Hall–Kier alpha value is -2.43. The average molecular weight is 273 g/mol. The van der Waals surface area contributed by atoms with E-state index in [9.17, 15) is 8.78 Å². The summed E-state index contributed by atoms with van der Waals surface area (Å²) in [6.45, 7) is 1.95. The van der Waals surface area contributed by atoms with Crippen LogP contribution in [0.1, 0.15) is 18.5 Å². The number of anilines is 1. The first-order valence-electron chi connectivity index (χ1n) is 6.29. The molecule has 0 amide bonds. The number of hydrogen-bond donors (Lipinski definition) is 2. The smallest absolute Gasteiger partial charge is 0.201 e. The van der Waals surface area contributed by atoms with Crippen LogP contribution in [0.25, 0.3) is 11.0 Å². The van der Waals surface area contributed by atoms with Gasteiger partial charge in [-0.05, 0) is 42.8 Å². The third kappa shape index (κ3) is 2.47. The van der Waals surface area contributed by atoms with Crippen molar-refractivity contribution >= 4 is 17.0 Å². The number of fused-ring (bicyclic) bond motifs is 1. The number of nitrogens with zero attached hydrogens (tertiary/aromatic N) is 1. The summed E-state index contributed by atoms with van der Waals surface area (Å²) in [5.41, 5.74) is 2.28. The number of nitrogens with one attached hydrogen (secondary N) is 2. The molecule has 0 aliphatic carbocycles. The van der Waals surface area contributed by atoms with Crippen LogP contribution in [0, 0.1) is 11.6 Å². The van der Waals surface area contributed by atoms with Crippen LogP contribution in [-0.4, -0.2) is 9.97 Å². The highest BCUT2D eigenvalue weighted by Gasteiger charge is 2.09. The van der Waals surface area contributed by atoms with Gasteiger partial charge in [0.05, 0.1) is 17.1 Å². The van der Waals surface area contributed by atoms with E-state index in [1.54, 1.807) is 18.2 Å². The number of imidazole rings is 1. The minimum atomic E-state index is -0.306. The number of aromatic amines is 1. The summed E-state index contributed by atoms with van der Waals surface area (Å²) in [7, 11) is 0. The molecule has 3 rings (SSSR count). The zero-order valence-corrected chi connectivity index (χ0v) is 10.8. The normalized spacial score (nSPS) is 12.6. The number of hydrogen-bond acceptors (Lipinski definition) is 2. The molecule has 3 nitrogen and oxygen atoms in total. The Morgan fingerprint density at radius 2 is 1.75 bits per heavy atom. The van der Waals surface area contributed by atoms with Crippen molar-refractivity contribution in [1.29, 1.82) is 0 Å². The predicted molar refractivity (Wildman–Crippen MR) is 74.5 cm³/mol. The molecular formula is C15H13F2N3. The van der Waals surface area contributed by atoms with E-state index in [4.69, 9.17) is 0 Å². The van der Waals surface area contributed by atoms with Crippen LogP contribution in [0.4, 0.5) is 14.7 Å². The summed E-state index contributed by atoms with van der Waals surface area (Å²) in [5.74, 6) is -0.0122. The van der Waals surface area contributed by atoms with Crippen LogP contribution in [0.5, 0.6) is 0 Å². The molecule has 2 aromatic carbocycles. The third-order valence-electron chi connectivity index (χ3n) is 3.17. The second-order valence-electron chi connectivity index (χ2n) is 4.66. The van der Waals surface area contributed by atoms with Gasteiger partial charge in [-0.1, -0.05) is 12.1 Å². The Balaban J connectivity index is 1.83. The zero-order chi connectivity index (χ0) is 14.1. The van der Waals surface area contributed by atoms with Crippen molar-refractivity contribution in [1.82, 2.24) is 9.97 Å². The third-order valence-corrected chi connectivity index (χ3v) is 3.17. The number of benzene rings is 2. The van der Waals surface area contributed by atoms with E-state index < -0.39 is 0 Å². The highest BCUT2D eigenvalue weighted by molar-refractivity contribution is 5.77. The van der Waals surface area contributed by atoms with E-state index in [1.807, 2.05) is 6.92 Å². The van der Waals surface area contributed by atoms with Crippen molar-refractivity contribution in [2.24, 2.45) is 0 Å². The Morgan fingerprint density at radius 3 is 2.50 bits per heavy atom. The molecule has 1 heterocycles. The molecule has 2 N–H and O–H groups in total.